The second kappa shape index (κ2) is 5.85. The van der Waals surface area contributed by atoms with Crippen LogP contribution in [-0.2, 0) is 0 Å². The number of amides is 1. The molecule has 0 spiro atoms. The molecule has 1 saturated carbocycles. The summed E-state index contributed by atoms with van der Waals surface area (Å²) in [6.45, 7) is 4.32. The Morgan fingerprint density at radius 3 is 2.62 bits per heavy atom. The summed E-state index contributed by atoms with van der Waals surface area (Å²) < 4.78 is 1.71. The topological polar surface area (TPSA) is 103 Å². The lowest BCUT2D eigenvalue weighted by atomic mass is 9.94. The largest absolute Gasteiger partial charge is 0.349 e. The first-order valence-corrected chi connectivity index (χ1v) is 7.33. The molecule has 2 rings (SSSR count). The van der Waals surface area contributed by atoms with Crippen molar-refractivity contribution < 1.29 is 9.72 Å². The summed E-state index contributed by atoms with van der Waals surface area (Å²) in [5.74, 6) is -0.299. The van der Waals surface area contributed by atoms with Crippen LogP contribution in [0.15, 0.2) is 12.3 Å². The number of nitrogens with zero attached hydrogens (tertiary/aromatic N) is 2. The van der Waals surface area contributed by atoms with Crippen LogP contribution in [-0.4, -0.2) is 27.5 Å². The van der Waals surface area contributed by atoms with Gasteiger partial charge in [0.05, 0.1) is 11.1 Å². The highest BCUT2D eigenvalue weighted by Gasteiger charge is 2.31. The zero-order valence-electron chi connectivity index (χ0n) is 12.5. The fraction of sp³-hybridized carbons (Fsp3) is 0.643. The summed E-state index contributed by atoms with van der Waals surface area (Å²) in [4.78, 5) is 22.7. The normalized spacial score (nSPS) is 15.0. The standard InChI is InChI=1S/C14H22N4O3/c1-3-14(15,4-2)9-16-13(19)12-7-11(18(20)21)8-17(12)10-5-6-10/h7-8,10H,3-6,9,15H2,1-2H3,(H,16,19). The fourth-order valence-electron chi connectivity index (χ4n) is 2.25. The zero-order valence-corrected chi connectivity index (χ0v) is 12.5. The SMILES string of the molecule is CCC(N)(CC)CNC(=O)c1cc([N+](=O)[O-])cn1C1CC1. The van der Waals surface area contributed by atoms with Gasteiger partial charge in [0, 0.05) is 24.2 Å². The third-order valence-corrected chi connectivity index (χ3v) is 4.23. The van der Waals surface area contributed by atoms with Crippen molar-refractivity contribution in [1.29, 1.82) is 0 Å². The van der Waals surface area contributed by atoms with Gasteiger partial charge in [0.25, 0.3) is 11.6 Å². The van der Waals surface area contributed by atoms with E-state index < -0.39 is 10.5 Å². The first-order valence-electron chi connectivity index (χ1n) is 7.33. The van der Waals surface area contributed by atoms with Gasteiger partial charge < -0.3 is 15.6 Å². The van der Waals surface area contributed by atoms with Gasteiger partial charge in [0.1, 0.15) is 5.69 Å². The minimum absolute atomic E-state index is 0.0444. The van der Waals surface area contributed by atoms with E-state index in [1.807, 2.05) is 13.8 Å². The molecular formula is C14H22N4O3. The average molecular weight is 294 g/mol. The molecule has 1 fully saturated rings. The van der Waals surface area contributed by atoms with Gasteiger partial charge in [-0.2, -0.15) is 0 Å². The molecule has 0 unspecified atom stereocenters. The molecule has 0 bridgehead atoms. The second-order valence-corrected chi connectivity index (χ2v) is 5.73. The minimum atomic E-state index is -0.471. The Morgan fingerprint density at radius 2 is 2.14 bits per heavy atom. The van der Waals surface area contributed by atoms with E-state index in [2.05, 4.69) is 5.32 Å². The van der Waals surface area contributed by atoms with Crippen LogP contribution in [0.1, 0.15) is 56.1 Å². The monoisotopic (exact) mass is 294 g/mol. The predicted octanol–water partition coefficient (Wildman–Crippen LogP) is 1.98. The Hall–Kier alpha value is -1.89. The van der Waals surface area contributed by atoms with E-state index >= 15 is 0 Å². The molecule has 21 heavy (non-hydrogen) atoms. The van der Waals surface area contributed by atoms with Gasteiger partial charge in [-0.1, -0.05) is 13.8 Å². The molecule has 1 heterocycles. The summed E-state index contributed by atoms with van der Waals surface area (Å²) in [7, 11) is 0. The van der Waals surface area contributed by atoms with E-state index in [1.54, 1.807) is 4.57 Å². The Labute approximate surface area is 123 Å². The van der Waals surface area contributed by atoms with E-state index in [0.717, 1.165) is 25.7 Å². The molecule has 1 aliphatic rings. The first kappa shape index (κ1) is 15.5. The highest BCUT2D eigenvalue weighted by Crippen LogP contribution is 2.37. The molecule has 7 heteroatoms. The second-order valence-electron chi connectivity index (χ2n) is 5.73. The molecular weight excluding hydrogens is 272 g/mol. The number of nitro groups is 1. The van der Waals surface area contributed by atoms with Crippen LogP contribution < -0.4 is 11.1 Å². The molecule has 0 atom stereocenters. The average Bonchev–Trinajstić information content (AvgIpc) is 3.22. The van der Waals surface area contributed by atoms with Gasteiger partial charge in [-0.25, -0.2) is 0 Å². The lowest BCUT2D eigenvalue weighted by Gasteiger charge is -2.26. The summed E-state index contributed by atoms with van der Waals surface area (Å²) in [5.41, 5.74) is 6.03. The molecule has 1 aliphatic carbocycles. The number of aromatic nitrogens is 1. The number of hydrogen-bond donors (Lipinski definition) is 2. The maximum absolute atomic E-state index is 12.3. The molecule has 1 aromatic heterocycles. The molecule has 116 valence electrons. The molecule has 0 radical (unpaired) electrons. The van der Waals surface area contributed by atoms with Gasteiger partial charge in [0.2, 0.25) is 0 Å². The number of nitrogens with one attached hydrogen (secondary N) is 1. The Bertz CT molecular complexity index is 544. The van der Waals surface area contributed by atoms with Crippen molar-refractivity contribution in [2.75, 3.05) is 6.54 Å². The molecule has 0 aliphatic heterocycles. The lowest BCUT2D eigenvalue weighted by molar-refractivity contribution is -0.384. The molecule has 1 amide bonds. The highest BCUT2D eigenvalue weighted by molar-refractivity contribution is 5.93. The summed E-state index contributed by atoms with van der Waals surface area (Å²) >= 11 is 0. The van der Waals surface area contributed by atoms with Gasteiger partial charge in [0.15, 0.2) is 0 Å². The molecule has 7 nitrogen and oxygen atoms in total. The van der Waals surface area contributed by atoms with Crippen molar-refractivity contribution in [2.24, 2.45) is 5.73 Å². The van der Waals surface area contributed by atoms with Crippen LogP contribution in [0.5, 0.6) is 0 Å². The first-order chi connectivity index (χ1) is 9.90. The lowest BCUT2D eigenvalue weighted by Crippen LogP contribution is -2.49. The maximum atomic E-state index is 12.3. The third-order valence-electron chi connectivity index (χ3n) is 4.23. The highest BCUT2D eigenvalue weighted by atomic mass is 16.6. The zero-order chi connectivity index (χ0) is 15.6. The van der Waals surface area contributed by atoms with E-state index in [4.69, 9.17) is 5.73 Å². The van der Waals surface area contributed by atoms with Crippen LogP contribution in [0.4, 0.5) is 5.69 Å². The van der Waals surface area contributed by atoms with Crippen LogP contribution in [0.3, 0.4) is 0 Å². The molecule has 0 aromatic carbocycles. The quantitative estimate of drug-likeness (QED) is 0.592. The van der Waals surface area contributed by atoms with Crippen molar-refractivity contribution in [3.8, 4) is 0 Å². The van der Waals surface area contributed by atoms with Crippen molar-refractivity contribution in [3.63, 3.8) is 0 Å². The van der Waals surface area contributed by atoms with Gasteiger partial charge in [-0.05, 0) is 25.7 Å². The number of carbonyl (C=O) groups excluding carboxylic acids is 1. The van der Waals surface area contributed by atoms with Crippen molar-refractivity contribution >= 4 is 11.6 Å². The minimum Gasteiger partial charge on any atom is -0.349 e. The van der Waals surface area contributed by atoms with Crippen molar-refractivity contribution in [1.82, 2.24) is 9.88 Å². The number of carbonyl (C=O) groups is 1. The van der Waals surface area contributed by atoms with E-state index in [9.17, 15) is 14.9 Å². The van der Waals surface area contributed by atoms with Crippen molar-refractivity contribution in [2.45, 2.75) is 51.1 Å². The smallest absolute Gasteiger partial charge is 0.287 e. The molecule has 1 aromatic rings. The fourth-order valence-corrected chi connectivity index (χ4v) is 2.25. The van der Waals surface area contributed by atoms with Crippen LogP contribution in [0.25, 0.3) is 0 Å². The molecule has 0 saturated heterocycles. The number of rotatable bonds is 7. The number of hydrogen-bond acceptors (Lipinski definition) is 4. The Kier molecular flexibility index (Phi) is 4.32. The predicted molar refractivity (Wildman–Crippen MR) is 79.2 cm³/mol. The Morgan fingerprint density at radius 1 is 1.52 bits per heavy atom. The van der Waals surface area contributed by atoms with Gasteiger partial charge >= 0.3 is 0 Å². The van der Waals surface area contributed by atoms with Gasteiger partial charge in [-0.3, -0.25) is 14.9 Å². The molecule has 3 N–H and O–H groups in total. The van der Waals surface area contributed by atoms with E-state index in [1.165, 1.54) is 12.3 Å². The van der Waals surface area contributed by atoms with Crippen LogP contribution >= 0.6 is 0 Å². The maximum Gasteiger partial charge on any atom is 0.287 e. The van der Waals surface area contributed by atoms with E-state index in [0.29, 0.717) is 12.2 Å². The van der Waals surface area contributed by atoms with Crippen LogP contribution in [0, 0.1) is 10.1 Å². The Balaban J connectivity index is 2.13. The summed E-state index contributed by atoms with van der Waals surface area (Å²) in [5, 5.41) is 13.7. The van der Waals surface area contributed by atoms with Gasteiger partial charge in [-0.15, -0.1) is 0 Å². The van der Waals surface area contributed by atoms with Crippen molar-refractivity contribution in [3.05, 3.63) is 28.1 Å². The third kappa shape index (κ3) is 3.41. The summed E-state index contributed by atoms with van der Waals surface area (Å²) in [6, 6.07) is 1.54. The summed E-state index contributed by atoms with van der Waals surface area (Å²) in [6.07, 6.45) is 4.87. The number of nitrogens with two attached hydrogens (primary N) is 1. The van der Waals surface area contributed by atoms with E-state index in [-0.39, 0.29) is 17.6 Å². The van der Waals surface area contributed by atoms with Crippen LogP contribution in [0.2, 0.25) is 0 Å².